The Morgan fingerprint density at radius 2 is 2.00 bits per heavy atom. The zero-order chi connectivity index (χ0) is 22.2. The summed E-state index contributed by atoms with van der Waals surface area (Å²) in [6.45, 7) is 5.17. The van der Waals surface area contributed by atoms with Gasteiger partial charge in [-0.2, -0.15) is 5.10 Å². The third-order valence-corrected chi connectivity index (χ3v) is 6.93. The molecule has 2 aromatic carbocycles. The van der Waals surface area contributed by atoms with Crippen molar-refractivity contribution in [2.75, 3.05) is 5.73 Å². The van der Waals surface area contributed by atoms with Crippen LogP contribution >= 0.6 is 11.3 Å². The Morgan fingerprint density at radius 1 is 1.16 bits per heavy atom. The number of thiophene rings is 1. The Morgan fingerprint density at radius 3 is 2.84 bits per heavy atom. The fraction of sp³-hybridized carbons (Fsp3) is 0.160. The number of rotatable bonds is 5. The summed E-state index contributed by atoms with van der Waals surface area (Å²) in [6, 6.07) is 14.5. The number of carbonyl (C=O) groups excluding carboxylic acids is 1. The predicted octanol–water partition coefficient (Wildman–Crippen LogP) is 4.82. The molecule has 0 saturated carbocycles. The lowest BCUT2D eigenvalue weighted by Crippen LogP contribution is -2.23. The number of carbonyl (C=O) groups is 1. The first-order valence-corrected chi connectivity index (χ1v) is 11.2. The molecule has 0 bridgehead atoms. The summed E-state index contributed by atoms with van der Waals surface area (Å²) >= 11 is 1.75. The predicted molar refractivity (Wildman–Crippen MR) is 130 cm³/mol. The van der Waals surface area contributed by atoms with Crippen LogP contribution in [0.4, 0.5) is 5.82 Å². The first-order valence-electron chi connectivity index (χ1n) is 10.4. The SMILES string of the molecule is Cc1cc2c(N)nccc2c(C)c1CNC(=O)c1cnn(Cc2cc3ccccc3s2)c1. The summed E-state index contributed by atoms with van der Waals surface area (Å²) in [5.74, 6) is 0.385. The van der Waals surface area contributed by atoms with E-state index < -0.39 is 0 Å². The third kappa shape index (κ3) is 3.71. The van der Waals surface area contributed by atoms with Gasteiger partial charge < -0.3 is 11.1 Å². The van der Waals surface area contributed by atoms with Crippen LogP contribution < -0.4 is 11.1 Å². The zero-order valence-electron chi connectivity index (χ0n) is 17.9. The molecule has 0 fully saturated rings. The van der Waals surface area contributed by atoms with Crippen LogP contribution in [0.25, 0.3) is 20.9 Å². The van der Waals surface area contributed by atoms with Crippen LogP contribution in [0.3, 0.4) is 0 Å². The number of nitrogen functional groups attached to an aromatic ring is 1. The second-order valence-corrected chi connectivity index (χ2v) is 9.12. The molecule has 0 unspecified atom stereocenters. The van der Waals surface area contributed by atoms with Gasteiger partial charge in [-0.15, -0.1) is 11.3 Å². The second kappa shape index (κ2) is 8.09. The highest BCUT2D eigenvalue weighted by Gasteiger charge is 2.13. The van der Waals surface area contributed by atoms with E-state index in [0.717, 1.165) is 27.5 Å². The van der Waals surface area contributed by atoms with E-state index >= 15 is 0 Å². The van der Waals surface area contributed by atoms with Crippen LogP contribution in [0.2, 0.25) is 0 Å². The lowest BCUT2D eigenvalue weighted by atomic mass is 9.96. The van der Waals surface area contributed by atoms with Gasteiger partial charge in [-0.1, -0.05) is 18.2 Å². The summed E-state index contributed by atoms with van der Waals surface area (Å²) < 4.78 is 3.06. The van der Waals surface area contributed by atoms with E-state index in [9.17, 15) is 4.79 Å². The van der Waals surface area contributed by atoms with Crippen molar-refractivity contribution in [3.63, 3.8) is 0 Å². The van der Waals surface area contributed by atoms with Gasteiger partial charge in [-0.05, 0) is 65.6 Å². The molecule has 3 N–H and O–H groups in total. The minimum atomic E-state index is -0.138. The van der Waals surface area contributed by atoms with Crippen LogP contribution in [0.1, 0.15) is 31.9 Å². The van der Waals surface area contributed by atoms with Crippen molar-refractivity contribution in [1.82, 2.24) is 20.1 Å². The van der Waals surface area contributed by atoms with Crippen molar-refractivity contribution in [1.29, 1.82) is 0 Å². The van der Waals surface area contributed by atoms with Crippen molar-refractivity contribution in [2.45, 2.75) is 26.9 Å². The Balaban J connectivity index is 1.30. The number of fused-ring (bicyclic) bond motifs is 2. The number of benzene rings is 2. The molecule has 1 amide bonds. The third-order valence-electron chi connectivity index (χ3n) is 5.83. The van der Waals surface area contributed by atoms with Crippen molar-refractivity contribution >= 4 is 43.9 Å². The molecule has 0 atom stereocenters. The van der Waals surface area contributed by atoms with Gasteiger partial charge in [0, 0.05) is 33.9 Å². The molecule has 7 heteroatoms. The molecule has 0 spiro atoms. The topological polar surface area (TPSA) is 85.8 Å². The van der Waals surface area contributed by atoms with Gasteiger partial charge in [0.2, 0.25) is 0 Å². The van der Waals surface area contributed by atoms with Gasteiger partial charge in [0.1, 0.15) is 5.82 Å². The monoisotopic (exact) mass is 441 g/mol. The number of nitrogens with two attached hydrogens (primary N) is 1. The molecular formula is C25H23N5OS. The van der Waals surface area contributed by atoms with Gasteiger partial charge in [-0.25, -0.2) is 4.98 Å². The van der Waals surface area contributed by atoms with Gasteiger partial charge in [0.25, 0.3) is 5.91 Å². The number of nitrogens with one attached hydrogen (secondary N) is 1. The summed E-state index contributed by atoms with van der Waals surface area (Å²) in [7, 11) is 0. The van der Waals surface area contributed by atoms with E-state index in [2.05, 4.69) is 40.5 Å². The molecule has 0 radical (unpaired) electrons. The van der Waals surface area contributed by atoms with E-state index in [-0.39, 0.29) is 5.91 Å². The van der Waals surface area contributed by atoms with Crippen molar-refractivity contribution < 1.29 is 4.79 Å². The molecule has 3 heterocycles. The number of anilines is 1. The molecule has 5 rings (SSSR count). The summed E-state index contributed by atoms with van der Waals surface area (Å²) in [5.41, 5.74) is 9.86. The van der Waals surface area contributed by atoms with Gasteiger partial charge >= 0.3 is 0 Å². The van der Waals surface area contributed by atoms with Crippen LogP contribution in [-0.4, -0.2) is 20.7 Å². The highest BCUT2D eigenvalue weighted by molar-refractivity contribution is 7.19. The van der Waals surface area contributed by atoms with Crippen LogP contribution in [0.5, 0.6) is 0 Å². The molecule has 160 valence electrons. The summed E-state index contributed by atoms with van der Waals surface area (Å²) in [4.78, 5) is 18.2. The highest BCUT2D eigenvalue weighted by atomic mass is 32.1. The number of amides is 1. The summed E-state index contributed by atoms with van der Waals surface area (Å²) in [6.07, 6.45) is 5.13. The molecule has 5 aromatic rings. The van der Waals surface area contributed by atoms with E-state index in [1.54, 1.807) is 29.9 Å². The average Bonchev–Trinajstić information content (AvgIpc) is 3.41. The maximum Gasteiger partial charge on any atom is 0.254 e. The highest BCUT2D eigenvalue weighted by Crippen LogP contribution is 2.28. The quantitative estimate of drug-likeness (QED) is 0.409. The van der Waals surface area contributed by atoms with Crippen molar-refractivity contribution in [3.8, 4) is 0 Å². The normalized spacial score (nSPS) is 11.3. The maximum atomic E-state index is 12.8. The average molecular weight is 442 g/mol. The smallest absolute Gasteiger partial charge is 0.254 e. The Bertz CT molecular complexity index is 1430. The lowest BCUT2D eigenvalue weighted by Gasteiger charge is -2.14. The van der Waals surface area contributed by atoms with Gasteiger partial charge in [-0.3, -0.25) is 9.48 Å². The van der Waals surface area contributed by atoms with E-state index in [1.165, 1.54) is 15.0 Å². The van der Waals surface area contributed by atoms with Crippen LogP contribution in [0.15, 0.2) is 61.1 Å². The first-order chi connectivity index (χ1) is 15.5. The standard InChI is InChI=1S/C25H23N5OS/c1-15-9-21-20(7-8-27-24(21)26)16(2)22(15)12-28-25(31)18-11-29-30(13-18)14-19-10-17-5-3-4-6-23(17)32-19/h3-11,13H,12,14H2,1-2H3,(H2,26,27)(H,28,31). The number of hydrogen-bond acceptors (Lipinski definition) is 5. The van der Waals surface area contributed by atoms with E-state index in [1.807, 2.05) is 35.9 Å². The minimum Gasteiger partial charge on any atom is -0.383 e. The number of aryl methyl sites for hydroxylation is 2. The molecule has 6 nitrogen and oxygen atoms in total. The summed E-state index contributed by atoms with van der Waals surface area (Å²) in [5, 5.41) is 10.7. The van der Waals surface area contributed by atoms with Crippen LogP contribution in [-0.2, 0) is 13.1 Å². The molecular weight excluding hydrogens is 418 g/mol. The largest absolute Gasteiger partial charge is 0.383 e. The molecule has 0 aliphatic heterocycles. The fourth-order valence-electron chi connectivity index (χ4n) is 4.11. The van der Waals surface area contributed by atoms with E-state index in [4.69, 9.17) is 5.73 Å². The fourth-order valence-corrected chi connectivity index (χ4v) is 5.17. The van der Waals surface area contributed by atoms with Gasteiger partial charge in [0.15, 0.2) is 0 Å². The Labute approximate surface area is 189 Å². The van der Waals surface area contributed by atoms with Crippen LogP contribution in [0, 0.1) is 13.8 Å². The number of hydrogen-bond donors (Lipinski definition) is 2. The number of aromatic nitrogens is 3. The minimum absolute atomic E-state index is 0.138. The number of pyridine rings is 1. The number of nitrogens with zero attached hydrogens (tertiary/aromatic N) is 3. The van der Waals surface area contributed by atoms with Crippen molar-refractivity contribution in [2.24, 2.45) is 0 Å². The molecule has 0 aliphatic rings. The first kappa shape index (κ1) is 20.2. The lowest BCUT2D eigenvalue weighted by molar-refractivity contribution is 0.0950. The zero-order valence-corrected chi connectivity index (χ0v) is 18.7. The molecule has 0 saturated heterocycles. The maximum absolute atomic E-state index is 12.8. The van der Waals surface area contributed by atoms with E-state index in [0.29, 0.717) is 24.5 Å². The molecule has 32 heavy (non-hydrogen) atoms. The Kier molecular flexibility index (Phi) is 5.11. The Hall–Kier alpha value is -3.71. The second-order valence-electron chi connectivity index (χ2n) is 7.95. The van der Waals surface area contributed by atoms with Crippen molar-refractivity contribution in [3.05, 3.63) is 88.2 Å². The van der Waals surface area contributed by atoms with Gasteiger partial charge in [0.05, 0.1) is 18.3 Å². The molecule has 3 aromatic heterocycles. The molecule has 0 aliphatic carbocycles.